The van der Waals surface area contributed by atoms with Crippen LogP contribution in [0.1, 0.15) is 21.6 Å². The lowest BCUT2D eigenvalue weighted by molar-refractivity contribution is -0.117. The van der Waals surface area contributed by atoms with Crippen LogP contribution in [0.5, 0.6) is 0 Å². The summed E-state index contributed by atoms with van der Waals surface area (Å²) in [4.78, 5) is 35.6. The lowest BCUT2D eigenvalue weighted by Crippen LogP contribution is -2.37. The molecule has 2 heterocycles. The van der Waals surface area contributed by atoms with Gasteiger partial charge in [-0.1, -0.05) is 6.07 Å². The van der Waals surface area contributed by atoms with E-state index < -0.39 is 6.04 Å². The summed E-state index contributed by atoms with van der Waals surface area (Å²) in [6, 6.07) is 4.40. The summed E-state index contributed by atoms with van der Waals surface area (Å²) in [7, 11) is 0. The van der Waals surface area contributed by atoms with E-state index in [1.807, 2.05) is 0 Å². The van der Waals surface area contributed by atoms with E-state index in [-0.39, 0.29) is 11.8 Å². The van der Waals surface area contributed by atoms with Crippen molar-refractivity contribution >= 4 is 34.0 Å². The molecule has 3 rings (SSSR count). The number of nitrogens with two attached hydrogens (primary N) is 1. The van der Waals surface area contributed by atoms with Crippen molar-refractivity contribution < 1.29 is 9.59 Å². The quantitative estimate of drug-likeness (QED) is 0.527. The van der Waals surface area contributed by atoms with Crippen LogP contribution in [0.2, 0.25) is 0 Å². The van der Waals surface area contributed by atoms with Gasteiger partial charge in [-0.05, 0) is 24.6 Å². The molecule has 0 saturated heterocycles. The number of aromatic nitrogens is 3. The molecule has 26 heavy (non-hydrogen) atoms. The molecule has 2 amide bonds. The first-order valence-electron chi connectivity index (χ1n) is 7.88. The Labute approximate surface area is 153 Å². The van der Waals surface area contributed by atoms with Crippen molar-refractivity contribution in [1.82, 2.24) is 15.0 Å². The Balaban J connectivity index is 1.70. The third kappa shape index (κ3) is 4.13. The molecular formula is C17H18N6O2S. The van der Waals surface area contributed by atoms with Crippen LogP contribution in [0, 0.1) is 6.92 Å². The minimum Gasteiger partial charge on any atom is -0.348 e. The summed E-state index contributed by atoms with van der Waals surface area (Å²) in [6.07, 6.45) is 5.12. The van der Waals surface area contributed by atoms with E-state index in [4.69, 9.17) is 5.73 Å². The largest absolute Gasteiger partial charge is 0.348 e. The number of amides is 2. The number of nitrogens with zero attached hydrogens (tertiary/aromatic N) is 2. The van der Waals surface area contributed by atoms with Gasteiger partial charge in [0.1, 0.15) is 0 Å². The summed E-state index contributed by atoms with van der Waals surface area (Å²) < 4.78 is 0. The van der Waals surface area contributed by atoms with Crippen LogP contribution in [0.3, 0.4) is 0 Å². The first-order chi connectivity index (χ1) is 12.5. The number of nitrogens with one attached hydrogen (secondary N) is 3. The minimum absolute atomic E-state index is 0.282. The van der Waals surface area contributed by atoms with Crippen LogP contribution in [-0.4, -0.2) is 32.8 Å². The van der Waals surface area contributed by atoms with Gasteiger partial charge in [0.25, 0.3) is 5.91 Å². The Morgan fingerprint density at radius 1 is 1.35 bits per heavy atom. The van der Waals surface area contributed by atoms with Crippen molar-refractivity contribution in [3.63, 3.8) is 0 Å². The minimum atomic E-state index is -0.734. The van der Waals surface area contributed by atoms with Crippen molar-refractivity contribution in [3.8, 4) is 0 Å². The van der Waals surface area contributed by atoms with Crippen LogP contribution in [0.15, 0.2) is 42.3 Å². The number of rotatable bonds is 6. The fourth-order valence-electron chi connectivity index (χ4n) is 2.42. The molecule has 0 radical (unpaired) electrons. The predicted octanol–water partition coefficient (Wildman–Crippen LogP) is 1.94. The van der Waals surface area contributed by atoms with E-state index in [0.717, 1.165) is 5.69 Å². The zero-order chi connectivity index (χ0) is 18.5. The SMILES string of the molecule is Cc1c(NC(=O)C(N)Cc2cnc[nH]2)cccc1C(=O)Nc1nccs1. The highest BCUT2D eigenvalue weighted by Gasteiger charge is 2.18. The Hall–Kier alpha value is -3.04. The molecule has 0 aliphatic carbocycles. The number of benzene rings is 1. The predicted molar refractivity (Wildman–Crippen MR) is 100 cm³/mol. The molecular weight excluding hydrogens is 352 g/mol. The number of aromatic amines is 1. The smallest absolute Gasteiger partial charge is 0.257 e. The van der Waals surface area contributed by atoms with E-state index in [9.17, 15) is 9.59 Å². The number of carbonyl (C=O) groups excluding carboxylic acids is 2. The van der Waals surface area contributed by atoms with Gasteiger partial charge in [-0.15, -0.1) is 11.3 Å². The van der Waals surface area contributed by atoms with E-state index >= 15 is 0 Å². The van der Waals surface area contributed by atoms with Crippen molar-refractivity contribution in [3.05, 3.63) is 59.1 Å². The highest BCUT2D eigenvalue weighted by atomic mass is 32.1. The van der Waals surface area contributed by atoms with Gasteiger partial charge in [0.05, 0.1) is 12.4 Å². The van der Waals surface area contributed by atoms with Crippen molar-refractivity contribution in [2.45, 2.75) is 19.4 Å². The molecule has 1 aromatic carbocycles. The molecule has 0 aliphatic heterocycles. The number of anilines is 2. The molecule has 2 aromatic heterocycles. The molecule has 0 spiro atoms. The second-order valence-electron chi connectivity index (χ2n) is 5.65. The van der Waals surface area contributed by atoms with Gasteiger partial charge in [-0.3, -0.25) is 14.9 Å². The maximum atomic E-state index is 12.4. The average Bonchev–Trinajstić information content (AvgIpc) is 3.30. The van der Waals surface area contributed by atoms with Crippen molar-refractivity contribution in [1.29, 1.82) is 0 Å². The molecule has 0 fully saturated rings. The highest BCUT2D eigenvalue weighted by Crippen LogP contribution is 2.21. The molecule has 1 unspecified atom stereocenters. The first kappa shape index (κ1) is 17.8. The second-order valence-corrected chi connectivity index (χ2v) is 6.54. The molecule has 1 atom stereocenters. The monoisotopic (exact) mass is 370 g/mol. The maximum absolute atomic E-state index is 12.4. The second kappa shape index (κ2) is 7.89. The maximum Gasteiger partial charge on any atom is 0.257 e. The van der Waals surface area contributed by atoms with E-state index in [2.05, 4.69) is 25.6 Å². The molecule has 5 N–H and O–H groups in total. The topological polar surface area (TPSA) is 126 Å². The van der Waals surface area contributed by atoms with Crippen LogP contribution in [0.4, 0.5) is 10.8 Å². The molecule has 0 bridgehead atoms. The van der Waals surface area contributed by atoms with Gasteiger partial charge in [-0.2, -0.15) is 0 Å². The van der Waals surface area contributed by atoms with Gasteiger partial charge in [0.2, 0.25) is 5.91 Å². The van der Waals surface area contributed by atoms with E-state index in [0.29, 0.717) is 28.4 Å². The van der Waals surface area contributed by atoms with Crippen molar-refractivity contribution in [2.75, 3.05) is 10.6 Å². The normalized spacial score (nSPS) is 11.8. The van der Waals surface area contributed by atoms with Crippen LogP contribution >= 0.6 is 11.3 Å². The molecule has 9 heteroatoms. The molecule has 0 saturated carbocycles. The standard InChI is InChI=1S/C17H18N6O2S/c1-10-12(15(24)23-17-20-5-6-26-17)3-2-4-14(10)22-16(25)13(18)7-11-8-19-9-21-11/h2-6,8-9,13H,7,18H2,1H3,(H,19,21)(H,22,25)(H,20,23,24). The van der Waals surface area contributed by atoms with E-state index in [1.165, 1.54) is 17.7 Å². The number of carbonyl (C=O) groups is 2. The van der Waals surface area contributed by atoms with Crippen LogP contribution < -0.4 is 16.4 Å². The summed E-state index contributed by atoms with van der Waals surface area (Å²) in [5.74, 6) is -0.615. The highest BCUT2D eigenvalue weighted by molar-refractivity contribution is 7.13. The lowest BCUT2D eigenvalue weighted by atomic mass is 10.1. The summed E-state index contributed by atoms with van der Waals surface area (Å²) in [6.45, 7) is 1.77. The fourth-order valence-corrected chi connectivity index (χ4v) is 2.94. The molecule has 3 aromatic rings. The Morgan fingerprint density at radius 3 is 2.88 bits per heavy atom. The molecule has 0 aliphatic rings. The Kier molecular flexibility index (Phi) is 5.40. The van der Waals surface area contributed by atoms with Gasteiger partial charge < -0.3 is 16.0 Å². The Bertz CT molecular complexity index is 892. The van der Waals surface area contributed by atoms with Crippen molar-refractivity contribution in [2.24, 2.45) is 5.73 Å². The number of thiazole rings is 1. The molecule has 8 nitrogen and oxygen atoms in total. The van der Waals surface area contributed by atoms with Crippen LogP contribution in [0.25, 0.3) is 0 Å². The lowest BCUT2D eigenvalue weighted by Gasteiger charge is -2.15. The number of hydrogen-bond acceptors (Lipinski definition) is 6. The average molecular weight is 370 g/mol. The third-order valence-electron chi connectivity index (χ3n) is 3.82. The number of H-pyrrole nitrogens is 1. The third-order valence-corrected chi connectivity index (χ3v) is 4.51. The van der Waals surface area contributed by atoms with Crippen LogP contribution in [-0.2, 0) is 11.2 Å². The molecule has 134 valence electrons. The number of hydrogen-bond donors (Lipinski definition) is 4. The van der Waals surface area contributed by atoms with Gasteiger partial charge in [0.15, 0.2) is 5.13 Å². The van der Waals surface area contributed by atoms with Gasteiger partial charge in [0, 0.05) is 41.1 Å². The fraction of sp³-hybridized carbons (Fsp3) is 0.176. The van der Waals surface area contributed by atoms with Gasteiger partial charge >= 0.3 is 0 Å². The Morgan fingerprint density at radius 2 is 2.19 bits per heavy atom. The summed E-state index contributed by atoms with van der Waals surface area (Å²) in [5.41, 5.74) is 8.39. The number of imidazole rings is 1. The first-order valence-corrected chi connectivity index (χ1v) is 8.76. The van der Waals surface area contributed by atoms with Gasteiger partial charge in [-0.25, -0.2) is 9.97 Å². The summed E-state index contributed by atoms with van der Waals surface area (Å²) >= 11 is 1.33. The summed E-state index contributed by atoms with van der Waals surface area (Å²) in [5, 5.41) is 7.81. The zero-order valence-corrected chi connectivity index (χ0v) is 14.8. The zero-order valence-electron chi connectivity index (χ0n) is 14.0. The van der Waals surface area contributed by atoms with E-state index in [1.54, 1.807) is 42.9 Å².